The third-order valence-corrected chi connectivity index (χ3v) is 3.74. The van der Waals surface area contributed by atoms with Gasteiger partial charge in [-0.2, -0.15) is 0 Å². The fourth-order valence-corrected chi connectivity index (χ4v) is 2.62. The van der Waals surface area contributed by atoms with Crippen LogP contribution in [-0.4, -0.2) is 11.6 Å². The Balaban J connectivity index is 2.52. The molecule has 3 heteroatoms. The van der Waals surface area contributed by atoms with Crippen LogP contribution in [0.5, 0.6) is 0 Å². The maximum Gasteiger partial charge on any atom is 0.169 e. The Morgan fingerprint density at radius 2 is 1.65 bits per heavy atom. The second-order valence-electron chi connectivity index (χ2n) is 3.82. The number of Topliss-reactive ketones (excluding diaryl/α,β-unsaturated/α-hetero) is 2. The molecule has 0 aliphatic carbocycles. The molecule has 0 radical (unpaired) electrons. The highest BCUT2D eigenvalue weighted by Crippen LogP contribution is 2.31. The normalized spacial score (nSPS) is 10.2. The van der Waals surface area contributed by atoms with Crippen LogP contribution in [0.3, 0.4) is 0 Å². The van der Waals surface area contributed by atoms with E-state index in [4.69, 9.17) is 0 Å². The molecule has 2 rings (SSSR count). The molecule has 0 amide bonds. The molecule has 1 aromatic heterocycles. The van der Waals surface area contributed by atoms with Gasteiger partial charge in [0, 0.05) is 16.0 Å². The zero-order valence-corrected chi connectivity index (χ0v) is 10.5. The molecule has 0 aliphatic rings. The lowest BCUT2D eigenvalue weighted by molar-refractivity contribution is 0.101. The SMILES string of the molecule is CC(=O)c1ccc(-c2ccccc2C(C)=O)s1. The van der Waals surface area contributed by atoms with Crippen molar-refractivity contribution in [3.05, 3.63) is 46.8 Å². The van der Waals surface area contributed by atoms with Crippen LogP contribution in [0.4, 0.5) is 0 Å². The van der Waals surface area contributed by atoms with Gasteiger partial charge in [-0.15, -0.1) is 11.3 Å². The molecule has 1 heterocycles. The van der Waals surface area contributed by atoms with E-state index < -0.39 is 0 Å². The molecule has 0 unspecified atom stereocenters. The molecule has 17 heavy (non-hydrogen) atoms. The van der Waals surface area contributed by atoms with E-state index in [1.54, 1.807) is 19.9 Å². The van der Waals surface area contributed by atoms with Gasteiger partial charge in [0.05, 0.1) is 4.88 Å². The maximum atomic E-state index is 11.5. The predicted molar refractivity (Wildman–Crippen MR) is 69.8 cm³/mol. The van der Waals surface area contributed by atoms with Crippen molar-refractivity contribution in [1.29, 1.82) is 0 Å². The number of rotatable bonds is 3. The average Bonchev–Trinajstić information content (AvgIpc) is 2.78. The summed E-state index contributed by atoms with van der Waals surface area (Å²) in [6.45, 7) is 3.10. The number of hydrogen-bond donors (Lipinski definition) is 0. The van der Waals surface area contributed by atoms with Crippen LogP contribution in [0.15, 0.2) is 36.4 Å². The van der Waals surface area contributed by atoms with Gasteiger partial charge in [-0.25, -0.2) is 0 Å². The monoisotopic (exact) mass is 244 g/mol. The Labute approximate surface area is 104 Å². The summed E-state index contributed by atoms with van der Waals surface area (Å²) < 4.78 is 0. The van der Waals surface area contributed by atoms with Crippen LogP contribution in [0, 0.1) is 0 Å². The summed E-state index contributed by atoms with van der Waals surface area (Å²) in [4.78, 5) is 24.5. The first-order valence-corrected chi connectivity index (χ1v) is 6.12. The van der Waals surface area contributed by atoms with Crippen molar-refractivity contribution < 1.29 is 9.59 Å². The van der Waals surface area contributed by atoms with E-state index in [1.165, 1.54) is 11.3 Å². The number of carbonyl (C=O) groups is 2. The van der Waals surface area contributed by atoms with Gasteiger partial charge in [0.1, 0.15) is 0 Å². The zero-order chi connectivity index (χ0) is 12.4. The van der Waals surface area contributed by atoms with Crippen LogP contribution in [-0.2, 0) is 0 Å². The Hall–Kier alpha value is -1.74. The molecule has 0 atom stereocenters. The summed E-state index contributed by atoms with van der Waals surface area (Å²) in [5.74, 6) is 0.0972. The highest BCUT2D eigenvalue weighted by molar-refractivity contribution is 7.17. The minimum atomic E-state index is 0.0402. The van der Waals surface area contributed by atoms with Crippen LogP contribution in [0.1, 0.15) is 33.9 Å². The largest absolute Gasteiger partial charge is 0.294 e. The van der Waals surface area contributed by atoms with Gasteiger partial charge >= 0.3 is 0 Å². The van der Waals surface area contributed by atoms with Gasteiger partial charge in [-0.3, -0.25) is 9.59 Å². The minimum absolute atomic E-state index is 0.0402. The van der Waals surface area contributed by atoms with Crippen molar-refractivity contribution in [2.75, 3.05) is 0 Å². The summed E-state index contributed by atoms with van der Waals surface area (Å²) in [6.07, 6.45) is 0. The first-order chi connectivity index (χ1) is 8.09. The fraction of sp³-hybridized carbons (Fsp3) is 0.143. The molecular formula is C14H12O2S. The Bertz CT molecular complexity index is 581. The number of ketones is 2. The van der Waals surface area contributed by atoms with E-state index in [9.17, 15) is 9.59 Å². The van der Waals surface area contributed by atoms with Gasteiger partial charge in [0.25, 0.3) is 0 Å². The standard InChI is InChI=1S/C14H12O2S/c1-9(15)11-5-3-4-6-12(11)14-8-7-13(17-14)10(2)16/h3-8H,1-2H3. The summed E-state index contributed by atoms with van der Waals surface area (Å²) in [5, 5.41) is 0. The summed E-state index contributed by atoms with van der Waals surface area (Å²) >= 11 is 1.42. The average molecular weight is 244 g/mol. The van der Waals surface area contributed by atoms with Crippen LogP contribution in [0.2, 0.25) is 0 Å². The van der Waals surface area contributed by atoms with E-state index >= 15 is 0 Å². The summed E-state index contributed by atoms with van der Waals surface area (Å²) in [5.41, 5.74) is 1.60. The molecule has 2 nitrogen and oxygen atoms in total. The van der Waals surface area contributed by atoms with Gasteiger partial charge < -0.3 is 0 Å². The van der Waals surface area contributed by atoms with E-state index in [0.717, 1.165) is 15.3 Å². The van der Waals surface area contributed by atoms with Gasteiger partial charge in [-0.1, -0.05) is 24.3 Å². The minimum Gasteiger partial charge on any atom is -0.294 e. The quantitative estimate of drug-likeness (QED) is 0.769. The third kappa shape index (κ3) is 2.34. The molecule has 1 aromatic carbocycles. The second-order valence-corrected chi connectivity index (χ2v) is 4.91. The van der Waals surface area contributed by atoms with Crippen molar-refractivity contribution in [3.63, 3.8) is 0 Å². The fourth-order valence-electron chi connectivity index (χ4n) is 1.68. The highest BCUT2D eigenvalue weighted by Gasteiger charge is 2.11. The van der Waals surface area contributed by atoms with E-state index in [-0.39, 0.29) is 11.6 Å². The smallest absolute Gasteiger partial charge is 0.169 e. The van der Waals surface area contributed by atoms with E-state index in [0.29, 0.717) is 5.56 Å². The molecule has 86 valence electrons. The second kappa shape index (κ2) is 4.63. The van der Waals surface area contributed by atoms with Gasteiger partial charge in [0.2, 0.25) is 0 Å². The van der Waals surface area contributed by atoms with Gasteiger partial charge in [-0.05, 0) is 26.0 Å². The van der Waals surface area contributed by atoms with E-state index in [1.807, 2.05) is 30.3 Å². The number of hydrogen-bond acceptors (Lipinski definition) is 3. The first-order valence-electron chi connectivity index (χ1n) is 5.30. The lowest BCUT2D eigenvalue weighted by Crippen LogP contribution is -1.94. The summed E-state index contributed by atoms with van der Waals surface area (Å²) in [7, 11) is 0. The Morgan fingerprint density at radius 1 is 0.941 bits per heavy atom. The molecule has 0 saturated heterocycles. The third-order valence-electron chi connectivity index (χ3n) is 2.52. The predicted octanol–water partition coefficient (Wildman–Crippen LogP) is 3.82. The number of carbonyl (C=O) groups excluding carboxylic acids is 2. The van der Waals surface area contributed by atoms with Crippen molar-refractivity contribution >= 4 is 22.9 Å². The molecule has 0 fully saturated rings. The van der Waals surface area contributed by atoms with Crippen LogP contribution in [0.25, 0.3) is 10.4 Å². The maximum absolute atomic E-state index is 11.5. The van der Waals surface area contributed by atoms with Gasteiger partial charge in [0.15, 0.2) is 11.6 Å². The first kappa shape index (κ1) is 11.7. The molecular weight excluding hydrogens is 232 g/mol. The molecule has 2 aromatic rings. The number of thiophene rings is 1. The van der Waals surface area contributed by atoms with Crippen LogP contribution >= 0.6 is 11.3 Å². The van der Waals surface area contributed by atoms with E-state index in [2.05, 4.69) is 0 Å². The van der Waals surface area contributed by atoms with Crippen molar-refractivity contribution in [3.8, 4) is 10.4 Å². The Kier molecular flexibility index (Phi) is 3.20. The molecule has 0 bridgehead atoms. The molecule has 0 N–H and O–H groups in total. The lowest BCUT2D eigenvalue weighted by Gasteiger charge is -2.03. The summed E-state index contributed by atoms with van der Waals surface area (Å²) in [6, 6.07) is 11.2. The number of benzene rings is 1. The van der Waals surface area contributed by atoms with Crippen molar-refractivity contribution in [1.82, 2.24) is 0 Å². The van der Waals surface area contributed by atoms with Crippen LogP contribution < -0.4 is 0 Å². The highest BCUT2D eigenvalue weighted by atomic mass is 32.1. The zero-order valence-electron chi connectivity index (χ0n) is 9.69. The molecule has 0 aliphatic heterocycles. The molecule has 0 saturated carbocycles. The lowest BCUT2D eigenvalue weighted by atomic mass is 10.0. The molecule has 0 spiro atoms. The topological polar surface area (TPSA) is 34.1 Å². The van der Waals surface area contributed by atoms with Crippen molar-refractivity contribution in [2.45, 2.75) is 13.8 Å². The van der Waals surface area contributed by atoms with Crippen molar-refractivity contribution in [2.24, 2.45) is 0 Å². The Morgan fingerprint density at radius 3 is 2.24 bits per heavy atom.